The first kappa shape index (κ1) is 15.1. The molecule has 0 bridgehead atoms. The molecule has 3 heterocycles. The summed E-state index contributed by atoms with van der Waals surface area (Å²) in [4.78, 5) is 8.90. The van der Waals surface area contributed by atoms with E-state index in [1.807, 2.05) is 28.9 Å². The van der Waals surface area contributed by atoms with Crippen LogP contribution >= 0.6 is 0 Å². The molecule has 3 aromatic rings. The number of pyridine rings is 1. The van der Waals surface area contributed by atoms with Crippen molar-refractivity contribution in [2.45, 2.75) is 38.1 Å². The van der Waals surface area contributed by atoms with Gasteiger partial charge in [0.2, 0.25) is 5.82 Å². The molecule has 4 rings (SSSR count). The highest BCUT2D eigenvalue weighted by Crippen LogP contribution is 2.33. The third kappa shape index (κ3) is 2.85. The molecule has 1 atom stereocenters. The van der Waals surface area contributed by atoms with Crippen LogP contribution in [0.15, 0.2) is 47.3 Å². The summed E-state index contributed by atoms with van der Waals surface area (Å²) >= 11 is 0. The zero-order valence-electron chi connectivity index (χ0n) is 13.5. The van der Waals surface area contributed by atoms with E-state index < -0.39 is 0 Å². The van der Waals surface area contributed by atoms with E-state index >= 15 is 0 Å². The molecule has 6 nitrogen and oxygen atoms in total. The molecular weight excluding hydrogens is 302 g/mol. The van der Waals surface area contributed by atoms with Crippen molar-refractivity contribution in [3.63, 3.8) is 0 Å². The number of aromatic nitrogens is 4. The zero-order chi connectivity index (χ0) is 16.4. The van der Waals surface area contributed by atoms with E-state index in [-0.39, 0.29) is 6.04 Å². The van der Waals surface area contributed by atoms with Crippen LogP contribution in [0.5, 0.6) is 0 Å². The Labute approximate surface area is 140 Å². The molecule has 3 aromatic heterocycles. The van der Waals surface area contributed by atoms with Crippen molar-refractivity contribution < 1.29 is 4.42 Å². The van der Waals surface area contributed by atoms with Crippen LogP contribution in [-0.2, 0) is 0 Å². The highest BCUT2D eigenvalue weighted by molar-refractivity contribution is 5.47. The minimum Gasteiger partial charge on any atom is -0.461 e. The molecule has 0 aromatic carbocycles. The van der Waals surface area contributed by atoms with Crippen LogP contribution < -0.4 is 5.73 Å². The predicted molar refractivity (Wildman–Crippen MR) is 90.4 cm³/mol. The summed E-state index contributed by atoms with van der Waals surface area (Å²) in [6.45, 7) is 0. The molecule has 124 valence electrons. The fraction of sp³-hybridized carbons (Fsp3) is 0.389. The van der Waals surface area contributed by atoms with E-state index in [4.69, 9.17) is 15.1 Å². The molecule has 2 N–H and O–H groups in total. The van der Waals surface area contributed by atoms with Gasteiger partial charge in [-0.2, -0.15) is 0 Å². The van der Waals surface area contributed by atoms with Gasteiger partial charge < -0.3 is 10.2 Å². The van der Waals surface area contributed by atoms with Crippen LogP contribution in [0.25, 0.3) is 17.3 Å². The molecule has 0 saturated heterocycles. The van der Waals surface area contributed by atoms with Crippen LogP contribution in [0, 0.1) is 5.92 Å². The first-order valence-electron chi connectivity index (χ1n) is 8.50. The van der Waals surface area contributed by atoms with Gasteiger partial charge in [0.1, 0.15) is 5.82 Å². The second-order valence-electron chi connectivity index (χ2n) is 6.32. The van der Waals surface area contributed by atoms with Gasteiger partial charge in [0, 0.05) is 6.20 Å². The Morgan fingerprint density at radius 3 is 2.75 bits per heavy atom. The number of nitrogens with zero attached hydrogens (tertiary/aromatic N) is 4. The third-order valence-corrected chi connectivity index (χ3v) is 4.72. The topological polar surface area (TPSA) is 82.8 Å². The van der Waals surface area contributed by atoms with E-state index in [9.17, 15) is 0 Å². The average molecular weight is 323 g/mol. The molecule has 1 aliphatic carbocycles. The first-order valence-corrected chi connectivity index (χ1v) is 8.50. The predicted octanol–water partition coefficient (Wildman–Crippen LogP) is 3.50. The average Bonchev–Trinajstić information content (AvgIpc) is 3.32. The lowest BCUT2D eigenvalue weighted by Gasteiger charge is -2.26. The number of hydrogen-bond acceptors (Lipinski definition) is 5. The standard InChI is InChI=1S/C18H21N5O/c19-16(13-6-2-1-3-7-13)18-21-17(15-9-5-11-24-15)22-23(18)14-8-4-10-20-12-14/h4-5,8-13,16H,1-3,6-7,19H2/t16-/m0/s1. The van der Waals surface area contributed by atoms with Crippen molar-refractivity contribution in [3.8, 4) is 17.3 Å². The van der Waals surface area contributed by atoms with Gasteiger partial charge in [-0.05, 0) is 43.0 Å². The van der Waals surface area contributed by atoms with Crippen LogP contribution in [0.3, 0.4) is 0 Å². The number of nitrogens with two attached hydrogens (primary N) is 1. The van der Waals surface area contributed by atoms with E-state index in [0.29, 0.717) is 17.5 Å². The summed E-state index contributed by atoms with van der Waals surface area (Å²) < 4.78 is 7.26. The summed E-state index contributed by atoms with van der Waals surface area (Å²) in [6.07, 6.45) is 11.2. The quantitative estimate of drug-likeness (QED) is 0.794. The van der Waals surface area contributed by atoms with Crippen molar-refractivity contribution in [1.29, 1.82) is 0 Å². The van der Waals surface area contributed by atoms with Gasteiger partial charge in [-0.1, -0.05) is 19.3 Å². The van der Waals surface area contributed by atoms with Crippen molar-refractivity contribution in [2.75, 3.05) is 0 Å². The summed E-state index contributed by atoms with van der Waals surface area (Å²) in [6, 6.07) is 7.41. The van der Waals surface area contributed by atoms with Crippen LogP contribution in [0.1, 0.15) is 44.0 Å². The number of hydrogen-bond donors (Lipinski definition) is 1. The lowest BCUT2D eigenvalue weighted by molar-refractivity contribution is 0.298. The van der Waals surface area contributed by atoms with Crippen LogP contribution in [0.4, 0.5) is 0 Å². The molecule has 1 aliphatic rings. The molecule has 0 spiro atoms. The largest absolute Gasteiger partial charge is 0.461 e. The van der Waals surface area contributed by atoms with E-state index in [2.05, 4.69) is 10.1 Å². The summed E-state index contributed by atoms with van der Waals surface area (Å²) in [5, 5.41) is 4.63. The van der Waals surface area contributed by atoms with Crippen molar-refractivity contribution in [3.05, 3.63) is 48.7 Å². The Morgan fingerprint density at radius 1 is 1.17 bits per heavy atom. The van der Waals surface area contributed by atoms with Gasteiger partial charge in [0.15, 0.2) is 5.76 Å². The molecule has 1 saturated carbocycles. The Morgan fingerprint density at radius 2 is 2.04 bits per heavy atom. The van der Waals surface area contributed by atoms with Gasteiger partial charge in [0.05, 0.1) is 24.2 Å². The molecule has 24 heavy (non-hydrogen) atoms. The van der Waals surface area contributed by atoms with E-state index in [1.165, 1.54) is 19.3 Å². The van der Waals surface area contributed by atoms with Crippen molar-refractivity contribution in [2.24, 2.45) is 11.7 Å². The van der Waals surface area contributed by atoms with Crippen LogP contribution in [-0.4, -0.2) is 19.7 Å². The van der Waals surface area contributed by atoms with Gasteiger partial charge in [-0.3, -0.25) is 4.98 Å². The fourth-order valence-corrected chi connectivity index (χ4v) is 3.42. The molecule has 0 aliphatic heterocycles. The minimum absolute atomic E-state index is 0.137. The van der Waals surface area contributed by atoms with E-state index in [1.54, 1.807) is 18.7 Å². The number of rotatable bonds is 4. The molecular formula is C18H21N5O. The first-order chi connectivity index (χ1) is 11.8. The Bertz CT molecular complexity index is 775. The van der Waals surface area contributed by atoms with Crippen LogP contribution in [0.2, 0.25) is 0 Å². The maximum Gasteiger partial charge on any atom is 0.217 e. The Kier molecular flexibility index (Phi) is 4.13. The van der Waals surface area contributed by atoms with Gasteiger partial charge in [-0.15, -0.1) is 5.10 Å². The normalized spacial score (nSPS) is 17.0. The maximum absolute atomic E-state index is 6.60. The summed E-state index contributed by atoms with van der Waals surface area (Å²) in [5.74, 6) is 2.43. The summed E-state index contributed by atoms with van der Waals surface area (Å²) in [7, 11) is 0. The second-order valence-corrected chi connectivity index (χ2v) is 6.32. The Balaban J connectivity index is 1.76. The number of furan rings is 1. The van der Waals surface area contributed by atoms with Gasteiger partial charge >= 0.3 is 0 Å². The van der Waals surface area contributed by atoms with Crippen molar-refractivity contribution in [1.82, 2.24) is 19.7 Å². The lowest BCUT2D eigenvalue weighted by atomic mass is 9.84. The minimum atomic E-state index is -0.137. The smallest absolute Gasteiger partial charge is 0.217 e. The second kappa shape index (κ2) is 6.57. The van der Waals surface area contributed by atoms with Gasteiger partial charge in [0.25, 0.3) is 0 Å². The maximum atomic E-state index is 6.60. The highest BCUT2D eigenvalue weighted by atomic mass is 16.3. The summed E-state index contributed by atoms with van der Waals surface area (Å²) in [5.41, 5.74) is 7.47. The molecule has 1 fully saturated rings. The molecule has 6 heteroatoms. The fourth-order valence-electron chi connectivity index (χ4n) is 3.42. The highest BCUT2D eigenvalue weighted by Gasteiger charge is 2.28. The third-order valence-electron chi connectivity index (χ3n) is 4.72. The molecule has 0 unspecified atom stereocenters. The monoisotopic (exact) mass is 323 g/mol. The zero-order valence-corrected chi connectivity index (χ0v) is 13.5. The van der Waals surface area contributed by atoms with Gasteiger partial charge in [-0.25, -0.2) is 9.67 Å². The SMILES string of the molecule is N[C@H](c1nc(-c2ccco2)nn1-c1cccnc1)C1CCCCC1. The lowest BCUT2D eigenvalue weighted by Crippen LogP contribution is -2.26. The van der Waals surface area contributed by atoms with Crippen molar-refractivity contribution >= 4 is 0 Å². The van der Waals surface area contributed by atoms with E-state index in [0.717, 1.165) is 24.4 Å². The molecule has 0 amide bonds. The Hall–Kier alpha value is -2.47. The molecule has 0 radical (unpaired) electrons.